The Balaban J connectivity index is 1.82. The summed E-state index contributed by atoms with van der Waals surface area (Å²) in [7, 11) is 0. The number of carbonyl (C=O) groups is 1. The summed E-state index contributed by atoms with van der Waals surface area (Å²) in [5, 5.41) is 4.26. The Morgan fingerprint density at radius 3 is 2.74 bits per heavy atom. The van der Waals surface area contributed by atoms with Crippen LogP contribution in [0.5, 0.6) is 0 Å². The van der Waals surface area contributed by atoms with Crippen molar-refractivity contribution in [2.45, 2.75) is 39.2 Å². The van der Waals surface area contributed by atoms with Gasteiger partial charge in [-0.1, -0.05) is 37.3 Å². The van der Waals surface area contributed by atoms with E-state index in [1.54, 1.807) is 0 Å². The first kappa shape index (κ1) is 12.7. The van der Waals surface area contributed by atoms with Crippen LogP contribution in [0, 0.1) is 5.41 Å². The number of rotatable bonds is 2. The zero-order valence-electron chi connectivity index (χ0n) is 11.8. The molecule has 1 aromatic rings. The topological polar surface area (TPSA) is 23.6 Å². The summed E-state index contributed by atoms with van der Waals surface area (Å²) in [6, 6.07) is 10.7. The lowest BCUT2D eigenvalue weighted by Gasteiger charge is -2.44. The number of fused-ring (bicyclic) bond motifs is 1. The van der Waals surface area contributed by atoms with Crippen LogP contribution < -0.4 is 0 Å². The molecule has 1 aromatic carbocycles. The van der Waals surface area contributed by atoms with Crippen LogP contribution in [-0.4, -0.2) is 35.1 Å². The molecular formula is C16H22N2O. The maximum Gasteiger partial charge on any atom is 0.243 e. The van der Waals surface area contributed by atoms with Crippen molar-refractivity contribution in [2.24, 2.45) is 5.41 Å². The van der Waals surface area contributed by atoms with E-state index in [0.717, 1.165) is 32.4 Å². The number of carbonyl (C=O) groups excluding carboxylic acids is 1. The van der Waals surface area contributed by atoms with Gasteiger partial charge in [0.05, 0.1) is 5.41 Å². The Labute approximate surface area is 115 Å². The molecule has 19 heavy (non-hydrogen) atoms. The summed E-state index contributed by atoms with van der Waals surface area (Å²) in [6.45, 7) is 6.34. The van der Waals surface area contributed by atoms with Crippen LogP contribution in [0.25, 0.3) is 0 Å². The minimum absolute atomic E-state index is 0.240. The average Bonchev–Trinajstić information content (AvgIpc) is 2.78. The second-order valence-electron chi connectivity index (χ2n) is 6.21. The van der Waals surface area contributed by atoms with E-state index in [1.807, 2.05) is 11.1 Å². The van der Waals surface area contributed by atoms with Crippen LogP contribution in [0.2, 0.25) is 0 Å². The molecule has 1 unspecified atom stereocenters. The van der Waals surface area contributed by atoms with E-state index in [0.29, 0.717) is 11.9 Å². The number of nitrogens with zero attached hydrogens (tertiary/aromatic N) is 2. The van der Waals surface area contributed by atoms with E-state index in [-0.39, 0.29) is 5.41 Å². The zero-order valence-corrected chi connectivity index (χ0v) is 11.8. The molecular weight excluding hydrogens is 236 g/mol. The predicted octanol–water partition coefficient (Wildman–Crippen LogP) is 2.48. The van der Waals surface area contributed by atoms with Gasteiger partial charge in [-0.05, 0) is 31.7 Å². The maximum atomic E-state index is 12.8. The normalized spacial score (nSPS) is 31.6. The van der Waals surface area contributed by atoms with Gasteiger partial charge in [-0.2, -0.15) is 0 Å². The fourth-order valence-electron chi connectivity index (χ4n) is 3.36. The molecule has 0 saturated carbocycles. The van der Waals surface area contributed by atoms with Crippen LogP contribution in [0.3, 0.4) is 0 Å². The van der Waals surface area contributed by atoms with Gasteiger partial charge in [0, 0.05) is 19.1 Å². The Morgan fingerprint density at radius 2 is 2.00 bits per heavy atom. The standard InChI is InChI=1S/C16H22N2O/c1-13-8-10-17-11-9-16(2,15(19)18(13)17)12-14-6-4-3-5-7-14/h3-7,13H,8-12H2,1-2H3/t13?,16-/m0/s1. The molecule has 0 aliphatic carbocycles. The maximum absolute atomic E-state index is 12.8. The third-order valence-corrected chi connectivity index (χ3v) is 4.61. The third-order valence-electron chi connectivity index (χ3n) is 4.61. The van der Waals surface area contributed by atoms with Gasteiger partial charge in [0.2, 0.25) is 5.91 Å². The van der Waals surface area contributed by atoms with Gasteiger partial charge < -0.3 is 0 Å². The highest BCUT2D eigenvalue weighted by molar-refractivity contribution is 5.83. The lowest BCUT2D eigenvalue weighted by atomic mass is 9.78. The Bertz CT molecular complexity index is 473. The quantitative estimate of drug-likeness (QED) is 0.813. The van der Waals surface area contributed by atoms with E-state index < -0.39 is 0 Å². The summed E-state index contributed by atoms with van der Waals surface area (Å²) in [6.07, 6.45) is 2.92. The largest absolute Gasteiger partial charge is 0.273 e. The van der Waals surface area contributed by atoms with E-state index in [1.165, 1.54) is 5.56 Å². The van der Waals surface area contributed by atoms with Crippen molar-refractivity contribution in [1.82, 2.24) is 10.0 Å². The van der Waals surface area contributed by atoms with Gasteiger partial charge in [-0.3, -0.25) is 9.80 Å². The van der Waals surface area contributed by atoms with Crippen LogP contribution >= 0.6 is 0 Å². The van der Waals surface area contributed by atoms with Crippen LogP contribution in [0.4, 0.5) is 0 Å². The monoisotopic (exact) mass is 258 g/mol. The Morgan fingerprint density at radius 1 is 1.26 bits per heavy atom. The van der Waals surface area contributed by atoms with Gasteiger partial charge in [0.1, 0.15) is 0 Å². The van der Waals surface area contributed by atoms with Crippen LogP contribution in [-0.2, 0) is 11.2 Å². The van der Waals surface area contributed by atoms with E-state index in [9.17, 15) is 4.79 Å². The summed E-state index contributed by atoms with van der Waals surface area (Å²) in [5.41, 5.74) is 1.02. The highest BCUT2D eigenvalue weighted by atomic mass is 16.2. The van der Waals surface area contributed by atoms with E-state index in [4.69, 9.17) is 0 Å². The molecule has 0 N–H and O–H groups in total. The van der Waals surface area contributed by atoms with Gasteiger partial charge in [0.15, 0.2) is 0 Å². The second kappa shape index (κ2) is 4.64. The third kappa shape index (κ3) is 2.16. The van der Waals surface area contributed by atoms with Gasteiger partial charge >= 0.3 is 0 Å². The van der Waals surface area contributed by atoms with E-state index >= 15 is 0 Å². The Kier molecular flexibility index (Phi) is 3.09. The highest BCUT2D eigenvalue weighted by Crippen LogP contribution is 2.37. The predicted molar refractivity (Wildman–Crippen MR) is 75.4 cm³/mol. The first-order valence-corrected chi connectivity index (χ1v) is 7.23. The lowest BCUT2D eigenvalue weighted by Crippen LogP contribution is -2.57. The van der Waals surface area contributed by atoms with Crippen molar-refractivity contribution in [3.05, 3.63) is 35.9 Å². The summed E-state index contributed by atoms with van der Waals surface area (Å²) in [5.74, 6) is 0.313. The van der Waals surface area contributed by atoms with Crippen molar-refractivity contribution in [3.8, 4) is 0 Å². The van der Waals surface area contributed by atoms with E-state index in [2.05, 4.69) is 43.1 Å². The molecule has 0 bridgehead atoms. The lowest BCUT2D eigenvalue weighted by molar-refractivity contribution is -0.167. The molecule has 102 valence electrons. The first-order valence-electron chi connectivity index (χ1n) is 7.23. The summed E-state index contributed by atoms with van der Waals surface area (Å²) >= 11 is 0. The molecule has 2 fully saturated rings. The molecule has 1 amide bonds. The summed E-state index contributed by atoms with van der Waals surface area (Å²) in [4.78, 5) is 12.8. The van der Waals surface area contributed by atoms with Crippen molar-refractivity contribution in [1.29, 1.82) is 0 Å². The molecule has 2 heterocycles. The van der Waals surface area contributed by atoms with Crippen molar-refractivity contribution < 1.29 is 4.79 Å². The second-order valence-corrected chi connectivity index (χ2v) is 6.21. The summed E-state index contributed by atoms with van der Waals surface area (Å²) < 4.78 is 0. The molecule has 0 radical (unpaired) electrons. The SMILES string of the molecule is CC1CCN2CC[C@@](C)(Cc3ccccc3)C(=O)N12. The molecule has 2 aliphatic rings. The minimum atomic E-state index is -0.240. The molecule has 3 nitrogen and oxygen atoms in total. The molecule has 2 aliphatic heterocycles. The number of hydrogen-bond donors (Lipinski definition) is 0. The van der Waals surface area contributed by atoms with Crippen molar-refractivity contribution >= 4 is 5.91 Å². The Hall–Kier alpha value is -1.35. The zero-order chi connectivity index (χ0) is 13.5. The van der Waals surface area contributed by atoms with Crippen molar-refractivity contribution in [3.63, 3.8) is 0 Å². The number of amides is 1. The fourth-order valence-corrected chi connectivity index (χ4v) is 3.36. The minimum Gasteiger partial charge on any atom is -0.273 e. The fraction of sp³-hybridized carbons (Fsp3) is 0.562. The number of hydrogen-bond acceptors (Lipinski definition) is 2. The molecule has 0 aromatic heterocycles. The van der Waals surface area contributed by atoms with Gasteiger partial charge in [0.25, 0.3) is 0 Å². The average molecular weight is 258 g/mol. The molecule has 2 saturated heterocycles. The van der Waals surface area contributed by atoms with Crippen LogP contribution in [0.15, 0.2) is 30.3 Å². The smallest absolute Gasteiger partial charge is 0.243 e. The molecule has 3 rings (SSSR count). The number of benzene rings is 1. The van der Waals surface area contributed by atoms with Gasteiger partial charge in [-0.25, -0.2) is 5.01 Å². The highest BCUT2D eigenvalue weighted by Gasteiger charge is 2.46. The number of hydrazine groups is 1. The first-order chi connectivity index (χ1) is 9.10. The molecule has 0 spiro atoms. The molecule has 3 heteroatoms. The van der Waals surface area contributed by atoms with Gasteiger partial charge in [-0.15, -0.1) is 0 Å². The molecule has 2 atom stereocenters. The van der Waals surface area contributed by atoms with Crippen LogP contribution in [0.1, 0.15) is 32.3 Å². The van der Waals surface area contributed by atoms with Crippen molar-refractivity contribution in [2.75, 3.05) is 13.1 Å².